The van der Waals surface area contributed by atoms with Crippen LogP contribution in [0.2, 0.25) is 0 Å². The van der Waals surface area contributed by atoms with Crippen LogP contribution in [0.15, 0.2) is 0 Å². The molecule has 2 fully saturated rings. The van der Waals surface area contributed by atoms with Gasteiger partial charge in [0.05, 0.1) is 0 Å². The van der Waals surface area contributed by atoms with E-state index in [1.807, 2.05) is 0 Å². The fourth-order valence-corrected chi connectivity index (χ4v) is 3.92. The number of amides is 1. The smallest absolute Gasteiger partial charge is 0.220 e. The van der Waals surface area contributed by atoms with Crippen molar-refractivity contribution in [1.29, 1.82) is 0 Å². The van der Waals surface area contributed by atoms with Crippen LogP contribution in [-0.4, -0.2) is 43.5 Å². The van der Waals surface area contributed by atoms with Gasteiger partial charge in [0.15, 0.2) is 0 Å². The van der Waals surface area contributed by atoms with E-state index in [0.717, 1.165) is 32.4 Å². The van der Waals surface area contributed by atoms with Gasteiger partial charge in [0.2, 0.25) is 5.91 Å². The first-order valence-electron chi connectivity index (χ1n) is 8.23. The monoisotopic (exact) mass is 281 g/mol. The molecule has 0 aromatic rings. The molecule has 0 radical (unpaired) electrons. The van der Waals surface area contributed by atoms with Gasteiger partial charge in [-0.05, 0) is 50.7 Å². The molecular weight excluding hydrogens is 250 g/mol. The normalized spacial score (nSPS) is 30.9. The fourth-order valence-electron chi connectivity index (χ4n) is 3.92. The van der Waals surface area contributed by atoms with Crippen molar-refractivity contribution in [3.8, 4) is 0 Å². The molecule has 1 amide bonds. The number of likely N-dealkylation sites (tertiary alicyclic amines) is 1. The lowest BCUT2D eigenvalue weighted by atomic mass is 9.71. The van der Waals surface area contributed by atoms with Gasteiger partial charge >= 0.3 is 0 Å². The van der Waals surface area contributed by atoms with E-state index in [9.17, 15) is 4.79 Å². The molecule has 1 saturated heterocycles. The lowest BCUT2D eigenvalue weighted by Crippen LogP contribution is -2.50. The van der Waals surface area contributed by atoms with Crippen LogP contribution in [0.1, 0.15) is 51.9 Å². The zero-order valence-corrected chi connectivity index (χ0v) is 13.2. The van der Waals surface area contributed by atoms with Gasteiger partial charge in [-0.25, -0.2) is 0 Å². The average molecular weight is 281 g/mol. The van der Waals surface area contributed by atoms with Crippen LogP contribution in [0.4, 0.5) is 0 Å². The van der Waals surface area contributed by atoms with E-state index in [4.69, 9.17) is 5.73 Å². The molecule has 4 heteroatoms. The molecule has 20 heavy (non-hydrogen) atoms. The number of nitrogens with one attached hydrogen (secondary N) is 1. The number of carbonyl (C=O) groups is 1. The Kier molecular flexibility index (Phi) is 5.44. The Balaban J connectivity index is 1.85. The Labute approximate surface area is 123 Å². The third-order valence-corrected chi connectivity index (χ3v) is 5.34. The number of nitrogens with two attached hydrogens (primary N) is 1. The zero-order chi connectivity index (χ0) is 14.6. The summed E-state index contributed by atoms with van der Waals surface area (Å²) in [6.45, 7) is 5.05. The molecule has 2 atom stereocenters. The Morgan fingerprint density at radius 2 is 2.05 bits per heavy atom. The fraction of sp³-hybridized carbons (Fsp3) is 0.938. The maximum atomic E-state index is 12.4. The van der Waals surface area contributed by atoms with Crippen molar-refractivity contribution in [2.75, 3.05) is 26.7 Å². The van der Waals surface area contributed by atoms with E-state index in [1.54, 1.807) is 0 Å². The van der Waals surface area contributed by atoms with Gasteiger partial charge in [-0.15, -0.1) is 0 Å². The molecule has 116 valence electrons. The van der Waals surface area contributed by atoms with E-state index in [1.165, 1.54) is 19.3 Å². The molecule has 2 aliphatic rings. The van der Waals surface area contributed by atoms with Crippen LogP contribution in [-0.2, 0) is 4.79 Å². The van der Waals surface area contributed by atoms with Crippen LogP contribution in [0.5, 0.6) is 0 Å². The van der Waals surface area contributed by atoms with E-state index < -0.39 is 0 Å². The summed E-state index contributed by atoms with van der Waals surface area (Å²) in [5.41, 5.74) is 6.06. The first-order valence-corrected chi connectivity index (χ1v) is 8.23. The molecule has 2 unspecified atom stereocenters. The second-order valence-corrected chi connectivity index (χ2v) is 7.14. The minimum atomic E-state index is 0.0804. The van der Waals surface area contributed by atoms with Crippen LogP contribution in [0.3, 0.4) is 0 Å². The molecule has 1 saturated carbocycles. The van der Waals surface area contributed by atoms with Crippen molar-refractivity contribution < 1.29 is 4.79 Å². The quantitative estimate of drug-likeness (QED) is 0.825. The minimum Gasteiger partial charge on any atom is -0.353 e. The summed E-state index contributed by atoms with van der Waals surface area (Å²) in [7, 11) is 2.15. The van der Waals surface area contributed by atoms with Crippen LogP contribution in [0, 0.1) is 11.3 Å². The summed E-state index contributed by atoms with van der Waals surface area (Å²) < 4.78 is 0. The summed E-state index contributed by atoms with van der Waals surface area (Å²) in [5, 5.41) is 3.27. The third-order valence-electron chi connectivity index (χ3n) is 5.34. The molecular formula is C16H31N3O. The molecule has 0 aromatic heterocycles. The van der Waals surface area contributed by atoms with Crippen molar-refractivity contribution in [3.63, 3.8) is 0 Å². The molecule has 4 nitrogen and oxygen atoms in total. The number of rotatable bonds is 4. The third kappa shape index (κ3) is 3.95. The summed E-state index contributed by atoms with van der Waals surface area (Å²) >= 11 is 0. The summed E-state index contributed by atoms with van der Waals surface area (Å²) in [6, 6.07) is 0.345. The van der Waals surface area contributed by atoms with Crippen molar-refractivity contribution in [1.82, 2.24) is 10.2 Å². The van der Waals surface area contributed by atoms with E-state index in [-0.39, 0.29) is 11.3 Å². The van der Waals surface area contributed by atoms with E-state index in [2.05, 4.69) is 24.2 Å². The second-order valence-electron chi connectivity index (χ2n) is 7.14. The highest BCUT2D eigenvalue weighted by molar-refractivity contribution is 5.77. The largest absolute Gasteiger partial charge is 0.353 e. The minimum absolute atomic E-state index is 0.0804. The van der Waals surface area contributed by atoms with E-state index >= 15 is 0 Å². The van der Waals surface area contributed by atoms with Gasteiger partial charge in [-0.1, -0.05) is 26.2 Å². The summed E-state index contributed by atoms with van der Waals surface area (Å²) in [4.78, 5) is 14.7. The first-order chi connectivity index (χ1) is 9.54. The Hall–Kier alpha value is -0.610. The van der Waals surface area contributed by atoms with Gasteiger partial charge in [-0.3, -0.25) is 4.79 Å². The van der Waals surface area contributed by atoms with Crippen LogP contribution < -0.4 is 11.1 Å². The van der Waals surface area contributed by atoms with Gasteiger partial charge in [0.1, 0.15) is 0 Å². The summed E-state index contributed by atoms with van der Waals surface area (Å²) in [6.07, 6.45) is 7.71. The average Bonchev–Trinajstić information content (AvgIpc) is 2.43. The lowest BCUT2D eigenvalue weighted by molar-refractivity contribution is -0.125. The predicted molar refractivity (Wildman–Crippen MR) is 82.4 cm³/mol. The predicted octanol–water partition coefficient (Wildman–Crippen LogP) is 1.74. The highest BCUT2D eigenvalue weighted by atomic mass is 16.1. The van der Waals surface area contributed by atoms with Gasteiger partial charge < -0.3 is 16.0 Å². The maximum Gasteiger partial charge on any atom is 0.220 e. The molecule has 1 heterocycles. The van der Waals surface area contributed by atoms with Crippen molar-refractivity contribution >= 4 is 5.91 Å². The molecule has 3 N–H and O–H groups in total. The molecule has 1 aliphatic carbocycles. The zero-order valence-electron chi connectivity index (χ0n) is 13.2. The second kappa shape index (κ2) is 6.90. The van der Waals surface area contributed by atoms with Crippen molar-refractivity contribution in [3.05, 3.63) is 0 Å². The number of piperidine rings is 1. The van der Waals surface area contributed by atoms with Crippen LogP contribution in [0.25, 0.3) is 0 Å². The van der Waals surface area contributed by atoms with Crippen molar-refractivity contribution in [2.45, 2.75) is 57.9 Å². The Bertz CT molecular complexity index is 326. The number of hydrogen-bond acceptors (Lipinski definition) is 3. The summed E-state index contributed by atoms with van der Waals surface area (Å²) in [5.74, 6) is 0.761. The SMILES string of the molecule is CC1CN(C)CCC1NC(=O)CC1(CN)CCCCC1. The molecule has 1 aliphatic heterocycles. The Morgan fingerprint density at radius 1 is 1.35 bits per heavy atom. The van der Waals surface area contributed by atoms with Crippen LogP contribution >= 0.6 is 0 Å². The highest BCUT2D eigenvalue weighted by Gasteiger charge is 2.34. The molecule has 0 bridgehead atoms. The molecule has 0 spiro atoms. The highest BCUT2D eigenvalue weighted by Crippen LogP contribution is 2.38. The maximum absolute atomic E-state index is 12.4. The Morgan fingerprint density at radius 3 is 2.65 bits per heavy atom. The van der Waals surface area contributed by atoms with Gasteiger partial charge in [0.25, 0.3) is 0 Å². The topological polar surface area (TPSA) is 58.4 Å². The van der Waals surface area contributed by atoms with Crippen molar-refractivity contribution in [2.24, 2.45) is 17.1 Å². The first kappa shape index (κ1) is 15.8. The lowest BCUT2D eigenvalue weighted by Gasteiger charge is -2.38. The van der Waals surface area contributed by atoms with E-state index in [0.29, 0.717) is 24.9 Å². The number of carbonyl (C=O) groups excluding carboxylic acids is 1. The standard InChI is InChI=1S/C16H31N3O/c1-13-11-19(2)9-6-14(13)18-15(20)10-16(12-17)7-4-3-5-8-16/h13-14H,3-12,17H2,1-2H3,(H,18,20). The number of nitrogens with zero attached hydrogens (tertiary/aromatic N) is 1. The number of hydrogen-bond donors (Lipinski definition) is 2. The van der Waals surface area contributed by atoms with Gasteiger partial charge in [0, 0.05) is 19.0 Å². The molecule has 2 rings (SSSR count). The van der Waals surface area contributed by atoms with Gasteiger partial charge in [-0.2, -0.15) is 0 Å². The molecule has 0 aromatic carbocycles.